The number of halogens is 2. The molecule has 0 unspecified atom stereocenters. The Morgan fingerprint density at radius 1 is 1.05 bits per heavy atom. The van der Waals surface area contributed by atoms with Gasteiger partial charge in [-0.3, -0.25) is 9.59 Å². The lowest BCUT2D eigenvalue weighted by atomic mass is 9.92. The quantitative estimate of drug-likeness (QED) is 0.384. The van der Waals surface area contributed by atoms with Gasteiger partial charge >= 0.3 is 0 Å². The molecule has 4 aromatic rings. The van der Waals surface area contributed by atoms with Crippen molar-refractivity contribution in [2.75, 3.05) is 43.4 Å². The fourth-order valence-corrected chi connectivity index (χ4v) is 5.30. The number of piperazine rings is 1. The number of nitrogens with one attached hydrogen (secondary N) is 1. The lowest BCUT2D eigenvalue weighted by molar-refractivity contribution is 0.0992. The Kier molecular flexibility index (Phi) is 6.68. The van der Waals surface area contributed by atoms with Gasteiger partial charge in [-0.2, -0.15) is 5.10 Å². The Morgan fingerprint density at radius 2 is 1.80 bits per heavy atom. The topological polar surface area (TPSA) is 122 Å². The SMILES string of the molecule is CN1CCN(c2cc(C(=O)Nc3ccc4c(n3)-c3c(c(C(N)=O)nn3-c3ccc(F)cc3)CC4)c(Cl)cn2)CC1. The number of aromatic nitrogens is 4. The highest BCUT2D eigenvalue weighted by Crippen LogP contribution is 2.36. The van der Waals surface area contributed by atoms with Crippen LogP contribution in [0.2, 0.25) is 5.02 Å². The molecule has 12 heteroatoms. The van der Waals surface area contributed by atoms with E-state index in [2.05, 4.69) is 32.2 Å². The monoisotopic (exact) mass is 560 g/mol. The van der Waals surface area contributed by atoms with Gasteiger partial charge in [0.15, 0.2) is 5.69 Å². The van der Waals surface area contributed by atoms with Gasteiger partial charge in [-0.1, -0.05) is 17.7 Å². The zero-order chi connectivity index (χ0) is 28.0. The number of hydrogen-bond donors (Lipinski definition) is 2. The average Bonchev–Trinajstić information content (AvgIpc) is 3.35. The molecule has 10 nitrogen and oxygen atoms in total. The summed E-state index contributed by atoms with van der Waals surface area (Å²) in [6.07, 6.45) is 2.64. The number of nitrogens with zero attached hydrogens (tertiary/aromatic N) is 6. The Balaban J connectivity index is 1.34. The van der Waals surface area contributed by atoms with Crippen LogP contribution in [0, 0.1) is 5.82 Å². The van der Waals surface area contributed by atoms with Crippen LogP contribution in [0.3, 0.4) is 0 Å². The molecule has 0 saturated carbocycles. The molecule has 3 aromatic heterocycles. The third-order valence-electron chi connectivity index (χ3n) is 7.29. The zero-order valence-corrected chi connectivity index (χ0v) is 22.5. The number of benzene rings is 1. The second kappa shape index (κ2) is 10.3. The second-order valence-corrected chi connectivity index (χ2v) is 10.3. The summed E-state index contributed by atoms with van der Waals surface area (Å²) >= 11 is 6.38. The first-order valence-electron chi connectivity index (χ1n) is 12.9. The third kappa shape index (κ3) is 4.78. The van der Waals surface area contributed by atoms with E-state index in [1.165, 1.54) is 18.3 Å². The maximum absolute atomic E-state index is 13.6. The van der Waals surface area contributed by atoms with E-state index in [0.29, 0.717) is 47.1 Å². The molecule has 1 fully saturated rings. The van der Waals surface area contributed by atoms with E-state index in [-0.39, 0.29) is 16.3 Å². The Labute approximate surface area is 234 Å². The number of carbonyl (C=O) groups excluding carboxylic acids is 2. The first-order chi connectivity index (χ1) is 19.3. The molecule has 0 radical (unpaired) electrons. The summed E-state index contributed by atoms with van der Waals surface area (Å²) in [6, 6.07) is 11.1. The number of anilines is 2. The van der Waals surface area contributed by atoms with Crippen molar-refractivity contribution in [2.45, 2.75) is 12.8 Å². The number of likely N-dealkylation sites (N-methyl/N-ethyl adjacent to an activating group) is 1. The van der Waals surface area contributed by atoms with Crippen molar-refractivity contribution >= 4 is 35.1 Å². The van der Waals surface area contributed by atoms with Gasteiger partial charge in [-0.25, -0.2) is 19.0 Å². The van der Waals surface area contributed by atoms with Crippen LogP contribution in [-0.4, -0.2) is 69.7 Å². The van der Waals surface area contributed by atoms with E-state index >= 15 is 0 Å². The first kappa shape index (κ1) is 25.9. The molecule has 0 spiro atoms. The van der Waals surface area contributed by atoms with Crippen molar-refractivity contribution in [3.8, 4) is 17.1 Å². The Hall–Kier alpha value is -4.35. The number of rotatable bonds is 5. The highest BCUT2D eigenvalue weighted by Gasteiger charge is 2.30. The molecule has 40 heavy (non-hydrogen) atoms. The third-order valence-corrected chi connectivity index (χ3v) is 7.59. The largest absolute Gasteiger partial charge is 0.364 e. The van der Waals surface area contributed by atoms with Crippen LogP contribution in [0.4, 0.5) is 16.0 Å². The molecule has 1 aliphatic heterocycles. The predicted octanol–water partition coefficient (Wildman–Crippen LogP) is 3.32. The molecule has 6 rings (SSSR count). The predicted molar refractivity (Wildman–Crippen MR) is 150 cm³/mol. The van der Waals surface area contributed by atoms with E-state index in [4.69, 9.17) is 22.3 Å². The fraction of sp³-hybridized carbons (Fsp3) is 0.250. The van der Waals surface area contributed by atoms with Crippen molar-refractivity contribution in [3.05, 3.63) is 81.9 Å². The molecule has 3 N–H and O–H groups in total. The molecule has 0 bridgehead atoms. The summed E-state index contributed by atoms with van der Waals surface area (Å²) in [5.41, 5.74) is 9.35. The minimum absolute atomic E-state index is 0.140. The molecular weight excluding hydrogens is 535 g/mol. The van der Waals surface area contributed by atoms with Gasteiger partial charge in [0.05, 0.1) is 27.7 Å². The number of carbonyl (C=O) groups is 2. The normalized spacial score (nSPS) is 14.9. The van der Waals surface area contributed by atoms with Crippen LogP contribution in [0.5, 0.6) is 0 Å². The number of primary amides is 1. The smallest absolute Gasteiger partial charge is 0.269 e. The van der Waals surface area contributed by atoms with Crippen molar-refractivity contribution in [3.63, 3.8) is 0 Å². The van der Waals surface area contributed by atoms with E-state index < -0.39 is 17.6 Å². The second-order valence-electron chi connectivity index (χ2n) is 9.90. The number of fused-ring (bicyclic) bond motifs is 3. The summed E-state index contributed by atoms with van der Waals surface area (Å²) < 4.78 is 15.2. The van der Waals surface area contributed by atoms with E-state index in [9.17, 15) is 14.0 Å². The summed E-state index contributed by atoms with van der Waals surface area (Å²) in [5.74, 6) is -0.482. The van der Waals surface area contributed by atoms with E-state index in [0.717, 1.165) is 31.7 Å². The maximum Gasteiger partial charge on any atom is 0.269 e. The maximum atomic E-state index is 13.6. The van der Waals surface area contributed by atoms with Crippen molar-refractivity contribution in [1.82, 2.24) is 24.6 Å². The van der Waals surface area contributed by atoms with Crippen LogP contribution in [0.1, 0.15) is 32.0 Å². The molecule has 1 saturated heterocycles. The summed E-state index contributed by atoms with van der Waals surface area (Å²) in [5, 5.41) is 7.55. The summed E-state index contributed by atoms with van der Waals surface area (Å²) in [6.45, 7) is 3.41. The first-order valence-corrected chi connectivity index (χ1v) is 13.2. The number of amides is 2. The van der Waals surface area contributed by atoms with Crippen LogP contribution >= 0.6 is 11.6 Å². The number of aryl methyl sites for hydroxylation is 1. The minimum atomic E-state index is -0.659. The van der Waals surface area contributed by atoms with Gasteiger partial charge in [0.2, 0.25) is 0 Å². The van der Waals surface area contributed by atoms with Gasteiger partial charge in [-0.15, -0.1) is 0 Å². The standard InChI is InChI=1S/C28H26ClFN8O2/c1-36-10-12-37(13-11-36)23-14-20(21(29)15-32-23)28(40)34-22-9-3-16-2-8-19-25(27(31)39)35-38(26(19)24(16)33-22)18-6-4-17(30)5-7-18/h3-7,9,14-15H,2,8,10-13H2,1H3,(H2,31,39)(H,33,34,40). The molecule has 1 aromatic carbocycles. The van der Waals surface area contributed by atoms with E-state index in [1.54, 1.807) is 28.9 Å². The fourth-order valence-electron chi connectivity index (χ4n) is 5.12. The zero-order valence-electron chi connectivity index (χ0n) is 21.7. The summed E-state index contributed by atoms with van der Waals surface area (Å²) in [4.78, 5) is 39.1. The van der Waals surface area contributed by atoms with Crippen LogP contribution in [0.15, 0.2) is 48.7 Å². The van der Waals surface area contributed by atoms with Crippen molar-refractivity contribution in [2.24, 2.45) is 5.73 Å². The average molecular weight is 561 g/mol. The molecule has 204 valence electrons. The molecule has 1 aliphatic carbocycles. The minimum Gasteiger partial charge on any atom is -0.364 e. The van der Waals surface area contributed by atoms with Crippen LogP contribution < -0.4 is 16.0 Å². The highest BCUT2D eigenvalue weighted by molar-refractivity contribution is 6.34. The molecular formula is C28H26ClFN8O2. The Bertz CT molecular complexity index is 1630. The van der Waals surface area contributed by atoms with Gasteiger partial charge in [0.25, 0.3) is 11.8 Å². The van der Waals surface area contributed by atoms with E-state index in [1.807, 2.05) is 6.07 Å². The van der Waals surface area contributed by atoms with Crippen LogP contribution in [-0.2, 0) is 12.8 Å². The Morgan fingerprint density at radius 3 is 2.52 bits per heavy atom. The van der Waals surface area contributed by atoms with Gasteiger partial charge < -0.3 is 20.9 Å². The lowest BCUT2D eigenvalue weighted by Gasteiger charge is -2.33. The van der Waals surface area contributed by atoms with Crippen LogP contribution in [0.25, 0.3) is 17.1 Å². The summed E-state index contributed by atoms with van der Waals surface area (Å²) in [7, 11) is 2.07. The lowest BCUT2D eigenvalue weighted by Crippen LogP contribution is -2.44. The number of hydrogen-bond acceptors (Lipinski definition) is 7. The molecule has 0 atom stereocenters. The van der Waals surface area contributed by atoms with Crippen molar-refractivity contribution < 1.29 is 14.0 Å². The molecule has 2 amide bonds. The highest BCUT2D eigenvalue weighted by atomic mass is 35.5. The van der Waals surface area contributed by atoms with Gasteiger partial charge in [0, 0.05) is 37.9 Å². The number of nitrogens with two attached hydrogens (primary N) is 1. The molecule has 4 heterocycles. The van der Waals surface area contributed by atoms with Crippen molar-refractivity contribution in [1.29, 1.82) is 0 Å². The van der Waals surface area contributed by atoms with Gasteiger partial charge in [-0.05, 0) is 61.9 Å². The van der Waals surface area contributed by atoms with Gasteiger partial charge in [0.1, 0.15) is 17.5 Å². The number of pyridine rings is 2. The molecule has 2 aliphatic rings.